The van der Waals surface area contributed by atoms with Crippen LogP contribution in [0.2, 0.25) is 0 Å². The van der Waals surface area contributed by atoms with Crippen LogP contribution >= 0.6 is 0 Å². The summed E-state index contributed by atoms with van der Waals surface area (Å²) < 4.78 is 32.9. The second-order valence-electron chi connectivity index (χ2n) is 7.08. The summed E-state index contributed by atoms with van der Waals surface area (Å²) in [6.07, 6.45) is 7.84. The highest BCUT2D eigenvalue weighted by Gasteiger charge is 2.13. The molecule has 0 atom stereocenters. The molecule has 1 aliphatic rings. The summed E-state index contributed by atoms with van der Waals surface area (Å²) in [5.41, 5.74) is 6.59. The maximum atomic E-state index is 11.7. The molecule has 3 aromatic rings. The summed E-state index contributed by atoms with van der Waals surface area (Å²) in [7, 11) is 0. The summed E-state index contributed by atoms with van der Waals surface area (Å²) in [4.78, 5) is 19.1. The number of aromatic nitrogens is 2. The van der Waals surface area contributed by atoms with Gasteiger partial charge < -0.3 is 26.1 Å². The Kier molecular flexibility index (Phi) is 16.1. The lowest BCUT2D eigenvalue weighted by atomic mass is 10.1. The predicted octanol–water partition coefficient (Wildman–Crippen LogP) is 6.37. The van der Waals surface area contributed by atoms with Gasteiger partial charge in [-0.05, 0) is 42.8 Å². The molecule has 0 bridgehead atoms. The maximum Gasteiger partial charge on any atom is 0.292 e. The van der Waals surface area contributed by atoms with E-state index in [4.69, 9.17) is 15.3 Å². The number of nitrogens with two attached hydrogens (primary N) is 1. The molecule has 0 saturated heterocycles. The minimum absolute atomic E-state index is 0. The van der Waals surface area contributed by atoms with Crippen LogP contribution in [0.3, 0.4) is 0 Å². The van der Waals surface area contributed by atoms with Gasteiger partial charge in [0, 0.05) is 17.8 Å². The van der Waals surface area contributed by atoms with Crippen molar-refractivity contribution in [2.45, 2.75) is 59.3 Å². The molecule has 1 aromatic carbocycles. The molecule has 4 rings (SSSR count). The number of halogens is 2. The number of nitrogens with zero attached hydrogens (tertiary/aromatic N) is 2. The first kappa shape index (κ1) is 31.5. The first-order valence-corrected chi connectivity index (χ1v) is 11.2. The lowest BCUT2D eigenvalue weighted by Gasteiger charge is -2.03. The number of ketones is 1. The fourth-order valence-corrected chi connectivity index (χ4v) is 2.77. The normalized spacial score (nSPS) is 11.5. The maximum absolute atomic E-state index is 11.7. The number of alkyl halides is 2. The number of carbonyl (C=O) groups excluding carboxylic acids is 1. The third-order valence-electron chi connectivity index (χ3n) is 4.37. The molecule has 0 radical (unpaired) electrons. The van der Waals surface area contributed by atoms with Gasteiger partial charge in [0.05, 0.1) is 6.20 Å². The van der Waals surface area contributed by atoms with Gasteiger partial charge in [-0.2, -0.15) is 0 Å². The average Bonchev–Trinajstić information content (AvgIpc) is 3.55. The van der Waals surface area contributed by atoms with Crippen molar-refractivity contribution >= 4 is 11.8 Å². The molecular weight excluding hydrogens is 458 g/mol. The highest BCUT2D eigenvalue weighted by Crippen LogP contribution is 2.16. The summed E-state index contributed by atoms with van der Waals surface area (Å²) in [5.74, 6) is 0.108. The number of aromatic hydroxyl groups is 1. The monoisotopic (exact) mass is 494 g/mol. The number of nitrogen functional groups attached to an aromatic ring is 1. The van der Waals surface area contributed by atoms with E-state index >= 15 is 0 Å². The van der Waals surface area contributed by atoms with Gasteiger partial charge in [-0.25, -0.2) is 18.7 Å². The van der Waals surface area contributed by atoms with E-state index in [1.807, 2.05) is 20.8 Å². The molecule has 0 aliphatic heterocycles. The van der Waals surface area contributed by atoms with Gasteiger partial charge in [-0.15, -0.1) is 0 Å². The molecule has 8 nitrogen and oxygen atoms in total. The summed E-state index contributed by atoms with van der Waals surface area (Å²) in [6.45, 7) is 5.24. The van der Waals surface area contributed by atoms with E-state index in [0.717, 1.165) is 5.56 Å². The Bertz CT molecular complexity index is 955. The van der Waals surface area contributed by atoms with E-state index in [2.05, 4.69) is 14.7 Å². The Morgan fingerprint density at radius 1 is 1.09 bits per heavy atom. The van der Waals surface area contributed by atoms with Crippen molar-refractivity contribution in [3.8, 4) is 11.6 Å². The zero-order valence-electron chi connectivity index (χ0n) is 20.5. The second-order valence-corrected chi connectivity index (χ2v) is 7.08. The Morgan fingerprint density at radius 2 is 1.66 bits per heavy atom. The van der Waals surface area contributed by atoms with E-state index < -0.39 is 13.0 Å². The van der Waals surface area contributed by atoms with Gasteiger partial charge in [0.1, 0.15) is 5.75 Å². The highest BCUT2D eigenvalue weighted by molar-refractivity contribution is 6.07. The van der Waals surface area contributed by atoms with Crippen LogP contribution in [0.4, 0.5) is 14.8 Å². The molecule has 2 heterocycles. The van der Waals surface area contributed by atoms with E-state index in [-0.39, 0.29) is 35.3 Å². The largest absolute Gasteiger partial charge is 0.508 e. The second kappa shape index (κ2) is 17.9. The molecule has 2 aromatic heterocycles. The average molecular weight is 495 g/mol. The van der Waals surface area contributed by atoms with Gasteiger partial charge >= 0.3 is 0 Å². The lowest BCUT2D eigenvalue weighted by molar-refractivity contribution is 0.0795. The Morgan fingerprint density at radius 3 is 2.11 bits per heavy atom. The molecule has 10 heteroatoms. The smallest absolute Gasteiger partial charge is 0.292 e. The van der Waals surface area contributed by atoms with E-state index in [9.17, 15) is 13.6 Å². The lowest BCUT2D eigenvalue weighted by Crippen LogP contribution is -2.07. The van der Waals surface area contributed by atoms with Crippen molar-refractivity contribution < 1.29 is 27.8 Å². The molecule has 1 aliphatic carbocycles. The van der Waals surface area contributed by atoms with E-state index in [1.165, 1.54) is 68.8 Å². The molecule has 1 fully saturated rings. The zero-order chi connectivity index (χ0) is 25.3. The van der Waals surface area contributed by atoms with Gasteiger partial charge in [0.2, 0.25) is 11.7 Å². The number of phenolic OH excluding ortho intramolecular Hbond substituents is 1. The van der Waals surface area contributed by atoms with Gasteiger partial charge in [-0.3, -0.25) is 4.79 Å². The molecule has 6 N–H and O–H groups in total. The minimum Gasteiger partial charge on any atom is -0.508 e. The first-order valence-electron chi connectivity index (χ1n) is 11.2. The molecule has 1 saturated carbocycles. The van der Waals surface area contributed by atoms with Crippen molar-refractivity contribution in [1.82, 2.24) is 16.1 Å². The zero-order valence-corrected chi connectivity index (χ0v) is 20.5. The predicted molar refractivity (Wildman–Crippen MR) is 132 cm³/mol. The van der Waals surface area contributed by atoms with Gasteiger partial charge in [0.25, 0.3) is 12.4 Å². The van der Waals surface area contributed by atoms with Crippen molar-refractivity contribution in [2.75, 3.05) is 12.3 Å². The molecular formula is C25H36F2N4O4. The van der Waals surface area contributed by atoms with Crippen molar-refractivity contribution in [1.29, 1.82) is 0 Å². The molecule has 194 valence electrons. The van der Waals surface area contributed by atoms with Crippen molar-refractivity contribution in [3.05, 3.63) is 65.7 Å². The third kappa shape index (κ3) is 13.1. The van der Waals surface area contributed by atoms with E-state index in [0.29, 0.717) is 5.56 Å². The number of carbonyl (C=O) groups is 1. The van der Waals surface area contributed by atoms with Crippen molar-refractivity contribution in [2.24, 2.45) is 0 Å². The Hall–Kier alpha value is -3.53. The highest BCUT2D eigenvalue weighted by atomic mass is 19.3. The number of anilines is 1. The third-order valence-corrected chi connectivity index (χ3v) is 4.37. The molecule has 0 unspecified atom stereocenters. The molecule has 0 amide bonds. The molecule has 35 heavy (non-hydrogen) atoms. The number of aryl methyl sites for hydroxylation is 1. The van der Waals surface area contributed by atoms with Crippen LogP contribution in [-0.2, 0) is 0 Å². The SMILES string of the molecule is C1CCCC1.CC.Cc1ccnc(OCC(F)F)c1.N.Nc1ncc(C(=O)c2ccc(O)cc2)o1. The minimum atomic E-state index is -2.45. The van der Waals surface area contributed by atoms with Crippen LogP contribution in [0.1, 0.15) is 67.6 Å². The first-order chi connectivity index (χ1) is 16.3. The number of hydrogen-bond donors (Lipinski definition) is 3. The van der Waals surface area contributed by atoms with Gasteiger partial charge in [-0.1, -0.05) is 46.0 Å². The van der Waals surface area contributed by atoms with Crippen LogP contribution < -0.4 is 16.6 Å². The number of phenols is 1. The number of hydrogen-bond acceptors (Lipinski definition) is 8. The van der Waals surface area contributed by atoms with Gasteiger partial charge in [0.15, 0.2) is 12.4 Å². The fraction of sp³-hybridized carbons (Fsp3) is 0.400. The number of ether oxygens (including phenoxy) is 1. The van der Waals surface area contributed by atoms with Crippen LogP contribution in [0.25, 0.3) is 0 Å². The van der Waals surface area contributed by atoms with Crippen molar-refractivity contribution in [3.63, 3.8) is 0 Å². The van der Waals surface area contributed by atoms with Crippen LogP contribution in [0.5, 0.6) is 11.6 Å². The van der Waals surface area contributed by atoms with Crippen LogP contribution in [0.15, 0.2) is 53.2 Å². The topological polar surface area (TPSA) is 146 Å². The van der Waals surface area contributed by atoms with E-state index in [1.54, 1.807) is 12.1 Å². The number of oxazole rings is 1. The quantitative estimate of drug-likeness (QED) is 0.347. The fourth-order valence-electron chi connectivity index (χ4n) is 2.77. The molecule has 0 spiro atoms. The summed E-state index contributed by atoms with van der Waals surface area (Å²) in [5, 5.41) is 9.05. The standard InChI is InChI=1S/C10H8N2O3.C8H9F2NO.C5H10.C2H6.H3N/c11-10-12-5-8(15-10)9(14)6-1-3-7(13)4-2-6;1-6-2-3-11-8(4-6)12-5-7(9)10;1-2-4-5-3-1;1-2;/h1-5,13H,(H2,11,12);2-4,7H,5H2,1H3;1-5H2;1-2H3;1H3. The Balaban J connectivity index is 0.000000516. The van der Waals surface area contributed by atoms with Crippen LogP contribution in [0, 0.1) is 6.92 Å². The summed E-state index contributed by atoms with van der Waals surface area (Å²) >= 11 is 0. The Labute approximate surface area is 205 Å². The number of pyridine rings is 1. The number of rotatable bonds is 5. The van der Waals surface area contributed by atoms with Crippen LogP contribution in [-0.4, -0.2) is 33.9 Å². The summed E-state index contributed by atoms with van der Waals surface area (Å²) in [6, 6.07) is 9.18. The number of benzene rings is 1.